The summed E-state index contributed by atoms with van der Waals surface area (Å²) in [6.07, 6.45) is 6.06. The van der Waals surface area contributed by atoms with Crippen LogP contribution in [0.25, 0.3) is 0 Å². The molecule has 0 aliphatic carbocycles. The van der Waals surface area contributed by atoms with Gasteiger partial charge in [-0.05, 0) is 24.3 Å². The van der Waals surface area contributed by atoms with Crippen LogP contribution in [-0.2, 0) is 9.53 Å². The first kappa shape index (κ1) is 12.7. The zero-order valence-electron chi connectivity index (χ0n) is 9.95. The molecule has 0 bridgehead atoms. The van der Waals surface area contributed by atoms with Crippen molar-refractivity contribution in [1.82, 2.24) is 9.97 Å². The summed E-state index contributed by atoms with van der Waals surface area (Å²) in [6.45, 7) is -0.351. The molecule has 2 heterocycles. The van der Waals surface area contributed by atoms with Gasteiger partial charge in [0.25, 0.3) is 5.91 Å². The van der Waals surface area contributed by atoms with E-state index in [1.165, 1.54) is 30.7 Å². The molecule has 6 heteroatoms. The molecule has 0 aliphatic rings. The van der Waals surface area contributed by atoms with Crippen LogP contribution in [0.15, 0.2) is 49.1 Å². The number of anilines is 1. The molecule has 1 amide bonds. The van der Waals surface area contributed by atoms with E-state index in [1.807, 2.05) is 0 Å². The summed E-state index contributed by atoms with van der Waals surface area (Å²) in [7, 11) is 0. The van der Waals surface area contributed by atoms with Crippen LogP contribution in [0.1, 0.15) is 10.4 Å². The lowest BCUT2D eigenvalue weighted by Crippen LogP contribution is -2.20. The highest BCUT2D eigenvalue weighted by Gasteiger charge is 2.09. The van der Waals surface area contributed by atoms with Gasteiger partial charge in [-0.15, -0.1) is 0 Å². The molecule has 19 heavy (non-hydrogen) atoms. The van der Waals surface area contributed by atoms with E-state index < -0.39 is 11.9 Å². The Morgan fingerprint density at radius 2 is 1.89 bits per heavy atom. The standard InChI is InChI=1S/C13H11N3O3/c17-12(16-11-2-1-5-15-8-11)9-19-13(18)10-3-6-14-7-4-10/h1-8H,9H2,(H,16,17). The molecule has 0 saturated heterocycles. The highest BCUT2D eigenvalue weighted by Crippen LogP contribution is 2.03. The zero-order chi connectivity index (χ0) is 13.5. The number of ether oxygens (including phenoxy) is 1. The first-order chi connectivity index (χ1) is 9.25. The minimum absolute atomic E-state index is 0.351. The Kier molecular flexibility index (Phi) is 4.17. The normalized spacial score (nSPS) is 9.68. The SMILES string of the molecule is O=C(COC(=O)c1ccncc1)Nc1cccnc1. The summed E-state index contributed by atoms with van der Waals surface area (Å²) in [4.78, 5) is 30.7. The first-order valence-corrected chi connectivity index (χ1v) is 5.53. The van der Waals surface area contributed by atoms with E-state index in [4.69, 9.17) is 4.74 Å². The van der Waals surface area contributed by atoms with Crippen molar-refractivity contribution < 1.29 is 14.3 Å². The third-order valence-electron chi connectivity index (χ3n) is 2.20. The minimum Gasteiger partial charge on any atom is -0.452 e. The molecule has 0 aliphatic heterocycles. The lowest BCUT2D eigenvalue weighted by Gasteiger charge is -2.05. The number of rotatable bonds is 4. The Morgan fingerprint density at radius 1 is 1.11 bits per heavy atom. The Balaban J connectivity index is 1.83. The Hall–Kier alpha value is -2.76. The summed E-state index contributed by atoms with van der Waals surface area (Å²) in [6, 6.07) is 6.41. The molecule has 2 aromatic heterocycles. The van der Waals surface area contributed by atoms with Crippen LogP contribution in [0.4, 0.5) is 5.69 Å². The molecule has 0 aromatic carbocycles. The van der Waals surface area contributed by atoms with Crippen LogP contribution in [-0.4, -0.2) is 28.5 Å². The van der Waals surface area contributed by atoms with E-state index in [1.54, 1.807) is 18.3 Å². The second-order valence-electron chi connectivity index (χ2n) is 3.60. The molecule has 6 nitrogen and oxygen atoms in total. The average molecular weight is 257 g/mol. The molecule has 0 saturated carbocycles. The van der Waals surface area contributed by atoms with Crippen molar-refractivity contribution in [2.24, 2.45) is 0 Å². The quantitative estimate of drug-likeness (QED) is 0.834. The van der Waals surface area contributed by atoms with Crippen molar-refractivity contribution in [3.63, 3.8) is 0 Å². The molecule has 0 fully saturated rings. The number of aromatic nitrogens is 2. The van der Waals surface area contributed by atoms with E-state index in [2.05, 4.69) is 15.3 Å². The Morgan fingerprint density at radius 3 is 2.58 bits per heavy atom. The number of carbonyl (C=O) groups is 2. The van der Waals surface area contributed by atoms with E-state index >= 15 is 0 Å². The van der Waals surface area contributed by atoms with Gasteiger partial charge < -0.3 is 10.1 Å². The van der Waals surface area contributed by atoms with E-state index in [0.717, 1.165) is 0 Å². The van der Waals surface area contributed by atoms with Crippen LogP contribution < -0.4 is 5.32 Å². The van der Waals surface area contributed by atoms with Crippen LogP contribution in [0, 0.1) is 0 Å². The number of pyridine rings is 2. The van der Waals surface area contributed by atoms with Gasteiger partial charge in [0.05, 0.1) is 17.4 Å². The number of hydrogen-bond donors (Lipinski definition) is 1. The number of nitrogens with zero attached hydrogens (tertiary/aromatic N) is 2. The smallest absolute Gasteiger partial charge is 0.338 e. The fourth-order valence-corrected chi connectivity index (χ4v) is 1.34. The summed E-state index contributed by atoms with van der Waals surface area (Å²) in [5.41, 5.74) is 0.900. The van der Waals surface area contributed by atoms with Gasteiger partial charge in [0.15, 0.2) is 6.61 Å². The molecule has 0 atom stereocenters. The van der Waals surface area contributed by atoms with Gasteiger partial charge >= 0.3 is 5.97 Å². The number of esters is 1. The summed E-state index contributed by atoms with van der Waals surface area (Å²) in [5.74, 6) is -0.987. The van der Waals surface area contributed by atoms with Crippen molar-refractivity contribution in [2.45, 2.75) is 0 Å². The van der Waals surface area contributed by atoms with Gasteiger partial charge in [-0.25, -0.2) is 4.79 Å². The molecule has 2 aromatic rings. The Labute approximate surface area is 109 Å². The van der Waals surface area contributed by atoms with Gasteiger partial charge in [0.1, 0.15) is 0 Å². The fraction of sp³-hybridized carbons (Fsp3) is 0.0769. The van der Waals surface area contributed by atoms with Crippen LogP contribution in [0.3, 0.4) is 0 Å². The third kappa shape index (κ3) is 3.88. The van der Waals surface area contributed by atoms with Crippen molar-refractivity contribution in [2.75, 3.05) is 11.9 Å². The minimum atomic E-state index is -0.566. The molecule has 2 rings (SSSR count). The first-order valence-electron chi connectivity index (χ1n) is 5.53. The predicted molar refractivity (Wildman–Crippen MR) is 67.4 cm³/mol. The van der Waals surface area contributed by atoms with Gasteiger partial charge in [-0.2, -0.15) is 0 Å². The molecule has 0 unspecified atom stereocenters. The lowest BCUT2D eigenvalue weighted by atomic mass is 10.3. The number of amides is 1. The van der Waals surface area contributed by atoms with Crippen molar-refractivity contribution >= 4 is 17.6 Å². The van der Waals surface area contributed by atoms with E-state index in [9.17, 15) is 9.59 Å². The zero-order valence-corrected chi connectivity index (χ0v) is 9.95. The molecule has 0 radical (unpaired) electrons. The van der Waals surface area contributed by atoms with Crippen LogP contribution in [0.2, 0.25) is 0 Å². The number of nitrogens with one attached hydrogen (secondary N) is 1. The van der Waals surface area contributed by atoms with Crippen LogP contribution in [0.5, 0.6) is 0 Å². The highest BCUT2D eigenvalue weighted by atomic mass is 16.5. The summed E-state index contributed by atoms with van der Waals surface area (Å²) in [5, 5.41) is 2.56. The monoisotopic (exact) mass is 257 g/mol. The van der Waals surface area contributed by atoms with Crippen molar-refractivity contribution in [3.8, 4) is 0 Å². The molecule has 1 N–H and O–H groups in total. The van der Waals surface area contributed by atoms with Gasteiger partial charge in [0, 0.05) is 18.6 Å². The van der Waals surface area contributed by atoms with Crippen LogP contribution >= 0.6 is 0 Å². The largest absolute Gasteiger partial charge is 0.452 e. The topological polar surface area (TPSA) is 81.2 Å². The third-order valence-corrected chi connectivity index (χ3v) is 2.20. The van der Waals surface area contributed by atoms with E-state index in [0.29, 0.717) is 11.3 Å². The Bertz CT molecular complexity index is 558. The highest BCUT2D eigenvalue weighted by molar-refractivity contribution is 5.95. The van der Waals surface area contributed by atoms with Crippen molar-refractivity contribution in [1.29, 1.82) is 0 Å². The van der Waals surface area contributed by atoms with Gasteiger partial charge in [-0.1, -0.05) is 0 Å². The fourth-order valence-electron chi connectivity index (χ4n) is 1.34. The maximum atomic E-state index is 11.6. The second kappa shape index (κ2) is 6.25. The molecule has 96 valence electrons. The summed E-state index contributed by atoms with van der Waals surface area (Å²) < 4.78 is 4.86. The average Bonchev–Trinajstić information content (AvgIpc) is 2.47. The summed E-state index contributed by atoms with van der Waals surface area (Å²) >= 11 is 0. The van der Waals surface area contributed by atoms with Gasteiger partial charge in [0.2, 0.25) is 0 Å². The molecule has 0 spiro atoms. The van der Waals surface area contributed by atoms with Crippen molar-refractivity contribution in [3.05, 3.63) is 54.6 Å². The lowest BCUT2D eigenvalue weighted by molar-refractivity contribution is -0.119. The van der Waals surface area contributed by atoms with Gasteiger partial charge in [-0.3, -0.25) is 14.8 Å². The maximum Gasteiger partial charge on any atom is 0.338 e. The maximum absolute atomic E-state index is 11.6. The van der Waals surface area contributed by atoms with E-state index in [-0.39, 0.29) is 6.61 Å². The predicted octanol–water partition coefficient (Wildman–Crippen LogP) is 1.27. The number of hydrogen-bond acceptors (Lipinski definition) is 5. The molecular formula is C13H11N3O3. The number of carbonyl (C=O) groups excluding carboxylic acids is 2. The molecular weight excluding hydrogens is 246 g/mol. The second-order valence-corrected chi connectivity index (χ2v) is 3.60.